The van der Waals surface area contributed by atoms with Gasteiger partial charge in [-0.25, -0.2) is 0 Å². The highest BCUT2D eigenvalue weighted by molar-refractivity contribution is 5.22. The first-order valence-electron chi connectivity index (χ1n) is 7.36. The van der Waals surface area contributed by atoms with Crippen LogP contribution < -0.4 is 4.74 Å². The van der Waals surface area contributed by atoms with Crippen molar-refractivity contribution in [3.8, 4) is 5.75 Å². The molecule has 1 fully saturated rings. The van der Waals surface area contributed by atoms with Crippen molar-refractivity contribution in [3.05, 3.63) is 66.2 Å². The fourth-order valence-corrected chi connectivity index (χ4v) is 2.80. The van der Waals surface area contributed by atoms with Gasteiger partial charge in [-0.15, -0.1) is 0 Å². The van der Waals surface area contributed by atoms with E-state index >= 15 is 0 Å². The molecule has 2 aromatic rings. The van der Waals surface area contributed by atoms with E-state index in [0.717, 1.165) is 25.4 Å². The molecule has 1 aliphatic heterocycles. The zero-order chi connectivity index (χ0) is 14.5. The minimum atomic E-state index is 0.0844. The van der Waals surface area contributed by atoms with E-state index in [1.54, 1.807) is 7.11 Å². The van der Waals surface area contributed by atoms with Crippen LogP contribution in [-0.2, 0) is 11.3 Å². The van der Waals surface area contributed by atoms with E-state index in [1.807, 2.05) is 36.4 Å². The van der Waals surface area contributed by atoms with Crippen LogP contribution >= 0.6 is 0 Å². The first-order chi connectivity index (χ1) is 10.3. The molecule has 0 unspecified atom stereocenters. The molecule has 0 aliphatic carbocycles. The predicted molar refractivity (Wildman–Crippen MR) is 83.4 cm³/mol. The van der Waals surface area contributed by atoms with E-state index in [-0.39, 0.29) is 12.2 Å². The third-order valence-electron chi connectivity index (χ3n) is 3.87. The molecule has 0 amide bonds. The number of ether oxygens (including phenoxy) is 2. The van der Waals surface area contributed by atoms with Crippen molar-refractivity contribution in [2.45, 2.75) is 18.8 Å². The van der Waals surface area contributed by atoms with Crippen LogP contribution in [0.15, 0.2) is 60.7 Å². The summed E-state index contributed by atoms with van der Waals surface area (Å²) in [5, 5.41) is 0. The van der Waals surface area contributed by atoms with Crippen molar-refractivity contribution >= 4 is 0 Å². The highest BCUT2D eigenvalue weighted by Gasteiger charge is 2.34. The molecule has 2 atom stereocenters. The fraction of sp³-hybridized carbons (Fsp3) is 0.333. The number of methoxy groups -OCH3 is 1. The standard InChI is InChI=1S/C18H21NO2/c1-20-17-13-19(12-15-8-4-2-5-9-15)14-18(17)21-16-10-6-3-7-11-16/h2-11,17-18H,12-14H2,1H3/t17-,18-/m0/s1. The molecule has 0 spiro atoms. The van der Waals surface area contributed by atoms with Crippen molar-refractivity contribution in [1.29, 1.82) is 0 Å². The SMILES string of the molecule is CO[C@H]1CN(Cc2ccccc2)C[C@@H]1Oc1ccccc1. The molecule has 3 nitrogen and oxygen atoms in total. The van der Waals surface area contributed by atoms with Gasteiger partial charge >= 0.3 is 0 Å². The smallest absolute Gasteiger partial charge is 0.139 e. The molecule has 3 heteroatoms. The molecule has 1 saturated heterocycles. The number of hydrogen-bond donors (Lipinski definition) is 0. The molecule has 3 rings (SSSR count). The number of hydrogen-bond acceptors (Lipinski definition) is 3. The summed E-state index contributed by atoms with van der Waals surface area (Å²) < 4.78 is 11.7. The van der Waals surface area contributed by atoms with Gasteiger partial charge in [0.1, 0.15) is 18.0 Å². The molecule has 2 aromatic carbocycles. The predicted octanol–water partition coefficient (Wildman–Crippen LogP) is 2.96. The zero-order valence-corrected chi connectivity index (χ0v) is 12.3. The van der Waals surface area contributed by atoms with E-state index in [2.05, 4.69) is 29.2 Å². The summed E-state index contributed by atoms with van der Waals surface area (Å²) in [6.45, 7) is 2.74. The quantitative estimate of drug-likeness (QED) is 0.842. The zero-order valence-electron chi connectivity index (χ0n) is 12.3. The van der Waals surface area contributed by atoms with Gasteiger partial charge in [-0.1, -0.05) is 48.5 Å². The highest BCUT2D eigenvalue weighted by Crippen LogP contribution is 2.21. The molecule has 1 heterocycles. The largest absolute Gasteiger partial charge is 0.486 e. The second-order valence-corrected chi connectivity index (χ2v) is 5.42. The van der Waals surface area contributed by atoms with E-state index in [0.29, 0.717) is 0 Å². The molecule has 1 aliphatic rings. The number of nitrogens with zero attached hydrogens (tertiary/aromatic N) is 1. The minimum absolute atomic E-state index is 0.0844. The Balaban J connectivity index is 1.63. The lowest BCUT2D eigenvalue weighted by molar-refractivity contribution is 0.0340. The van der Waals surface area contributed by atoms with Crippen LogP contribution in [0, 0.1) is 0 Å². The van der Waals surface area contributed by atoms with Crippen LogP contribution in [0.2, 0.25) is 0 Å². The average Bonchev–Trinajstić information content (AvgIpc) is 2.91. The van der Waals surface area contributed by atoms with Gasteiger partial charge < -0.3 is 9.47 Å². The Morgan fingerprint density at radius 2 is 1.52 bits per heavy atom. The lowest BCUT2D eigenvalue weighted by atomic mass is 10.2. The third-order valence-corrected chi connectivity index (χ3v) is 3.87. The van der Waals surface area contributed by atoms with E-state index < -0.39 is 0 Å². The van der Waals surface area contributed by atoms with Crippen molar-refractivity contribution in [3.63, 3.8) is 0 Å². The molecule has 0 radical (unpaired) electrons. The summed E-state index contributed by atoms with van der Waals surface area (Å²) in [5.74, 6) is 0.908. The fourth-order valence-electron chi connectivity index (χ4n) is 2.80. The Kier molecular flexibility index (Phi) is 4.53. The maximum absolute atomic E-state index is 6.08. The maximum atomic E-state index is 6.08. The molecule has 0 saturated carbocycles. The summed E-state index contributed by atoms with van der Waals surface area (Å²) >= 11 is 0. The van der Waals surface area contributed by atoms with Gasteiger partial charge in [0.15, 0.2) is 0 Å². The monoisotopic (exact) mass is 283 g/mol. The van der Waals surface area contributed by atoms with Gasteiger partial charge in [-0.2, -0.15) is 0 Å². The number of likely N-dealkylation sites (tertiary alicyclic amines) is 1. The Hall–Kier alpha value is -1.84. The van der Waals surface area contributed by atoms with E-state index in [1.165, 1.54) is 5.56 Å². The van der Waals surface area contributed by atoms with Crippen LogP contribution in [0.5, 0.6) is 5.75 Å². The normalized spacial score (nSPS) is 22.3. The lowest BCUT2D eigenvalue weighted by Crippen LogP contribution is -2.31. The van der Waals surface area contributed by atoms with Gasteiger partial charge in [-0.3, -0.25) is 4.90 Å². The van der Waals surface area contributed by atoms with Crippen molar-refractivity contribution in [1.82, 2.24) is 4.90 Å². The maximum Gasteiger partial charge on any atom is 0.139 e. The topological polar surface area (TPSA) is 21.7 Å². The molecule has 110 valence electrons. The second-order valence-electron chi connectivity index (χ2n) is 5.42. The van der Waals surface area contributed by atoms with E-state index in [9.17, 15) is 0 Å². The Morgan fingerprint density at radius 1 is 0.905 bits per heavy atom. The van der Waals surface area contributed by atoms with Crippen LogP contribution in [0.25, 0.3) is 0 Å². The minimum Gasteiger partial charge on any atom is -0.486 e. The van der Waals surface area contributed by atoms with Gasteiger partial charge in [-0.05, 0) is 17.7 Å². The van der Waals surface area contributed by atoms with Crippen LogP contribution in [-0.4, -0.2) is 37.3 Å². The third kappa shape index (κ3) is 3.63. The molecule has 0 aromatic heterocycles. The number of para-hydroxylation sites is 1. The van der Waals surface area contributed by atoms with Crippen LogP contribution in [0.1, 0.15) is 5.56 Å². The van der Waals surface area contributed by atoms with Gasteiger partial charge in [0.05, 0.1) is 0 Å². The number of rotatable bonds is 5. The molecular formula is C18H21NO2. The molecular weight excluding hydrogens is 262 g/mol. The average molecular weight is 283 g/mol. The summed E-state index contributed by atoms with van der Waals surface area (Å²) in [5.41, 5.74) is 1.33. The lowest BCUT2D eigenvalue weighted by Gasteiger charge is -2.18. The molecule has 0 N–H and O–H groups in total. The van der Waals surface area contributed by atoms with Crippen molar-refractivity contribution in [2.24, 2.45) is 0 Å². The number of benzene rings is 2. The van der Waals surface area contributed by atoms with Crippen molar-refractivity contribution < 1.29 is 9.47 Å². The van der Waals surface area contributed by atoms with Gasteiger partial charge in [0.25, 0.3) is 0 Å². The molecule has 21 heavy (non-hydrogen) atoms. The van der Waals surface area contributed by atoms with Crippen molar-refractivity contribution in [2.75, 3.05) is 20.2 Å². The summed E-state index contributed by atoms with van der Waals surface area (Å²) in [7, 11) is 1.76. The second kappa shape index (κ2) is 6.74. The van der Waals surface area contributed by atoms with Gasteiger partial charge in [0.2, 0.25) is 0 Å². The van der Waals surface area contributed by atoms with Crippen LogP contribution in [0.3, 0.4) is 0 Å². The Bertz CT molecular complexity index is 544. The molecule has 0 bridgehead atoms. The summed E-state index contributed by atoms with van der Waals surface area (Å²) in [4.78, 5) is 2.39. The van der Waals surface area contributed by atoms with Gasteiger partial charge in [0, 0.05) is 26.7 Å². The Labute approximate surface area is 126 Å². The van der Waals surface area contributed by atoms with E-state index in [4.69, 9.17) is 9.47 Å². The first kappa shape index (κ1) is 14.1. The first-order valence-corrected chi connectivity index (χ1v) is 7.36. The summed E-state index contributed by atoms with van der Waals surface area (Å²) in [6, 6.07) is 20.5. The highest BCUT2D eigenvalue weighted by atomic mass is 16.5. The summed E-state index contributed by atoms with van der Waals surface area (Å²) in [6.07, 6.45) is 0.204. The Morgan fingerprint density at radius 3 is 2.19 bits per heavy atom. The van der Waals surface area contributed by atoms with Crippen LogP contribution in [0.4, 0.5) is 0 Å².